The van der Waals surface area contributed by atoms with Gasteiger partial charge in [0, 0.05) is 16.3 Å². The first kappa shape index (κ1) is 11.3. The van der Waals surface area contributed by atoms with E-state index in [1.165, 1.54) is 21.9 Å². The summed E-state index contributed by atoms with van der Waals surface area (Å²) in [5.74, 6) is 0. The van der Waals surface area contributed by atoms with Gasteiger partial charge in [0.15, 0.2) is 0 Å². The van der Waals surface area contributed by atoms with Crippen LogP contribution >= 0.6 is 0 Å². The van der Waals surface area contributed by atoms with E-state index < -0.39 is 0 Å². The van der Waals surface area contributed by atoms with Crippen molar-refractivity contribution in [1.29, 1.82) is 0 Å². The second-order valence-electron chi connectivity index (χ2n) is 5.98. The molecule has 2 aromatic carbocycles. The van der Waals surface area contributed by atoms with Crippen LogP contribution in [0.5, 0.6) is 0 Å². The molecule has 0 amide bonds. The van der Waals surface area contributed by atoms with Crippen LogP contribution in [0, 0.1) is 6.92 Å². The third-order valence-corrected chi connectivity index (χ3v) is 3.51. The van der Waals surface area contributed by atoms with E-state index in [9.17, 15) is 0 Å². The van der Waals surface area contributed by atoms with Crippen LogP contribution in [0.15, 0.2) is 40.8 Å². The predicted octanol–water partition coefficient (Wildman–Crippen LogP) is 5.19. The molecule has 1 heterocycles. The highest BCUT2D eigenvalue weighted by molar-refractivity contribution is 6.06. The molecule has 18 heavy (non-hydrogen) atoms. The fraction of sp³-hybridized carbons (Fsp3) is 0.294. The number of hydrogen-bond donors (Lipinski definition) is 0. The molecule has 0 bridgehead atoms. The van der Waals surface area contributed by atoms with Crippen molar-refractivity contribution in [2.75, 3.05) is 0 Å². The van der Waals surface area contributed by atoms with E-state index >= 15 is 0 Å². The van der Waals surface area contributed by atoms with Gasteiger partial charge >= 0.3 is 0 Å². The second kappa shape index (κ2) is 3.61. The van der Waals surface area contributed by atoms with Crippen molar-refractivity contribution >= 4 is 21.9 Å². The van der Waals surface area contributed by atoms with Gasteiger partial charge in [-0.25, -0.2) is 0 Å². The zero-order chi connectivity index (χ0) is 12.9. The summed E-state index contributed by atoms with van der Waals surface area (Å²) in [5.41, 5.74) is 4.73. The molecule has 92 valence electrons. The van der Waals surface area contributed by atoms with Gasteiger partial charge in [-0.2, -0.15) is 0 Å². The third-order valence-electron chi connectivity index (χ3n) is 3.51. The average molecular weight is 238 g/mol. The van der Waals surface area contributed by atoms with Crippen molar-refractivity contribution in [3.8, 4) is 0 Å². The van der Waals surface area contributed by atoms with Gasteiger partial charge in [0.05, 0.1) is 0 Å². The first-order valence-electron chi connectivity index (χ1n) is 6.40. The summed E-state index contributed by atoms with van der Waals surface area (Å²) >= 11 is 0. The molecule has 0 fully saturated rings. The summed E-state index contributed by atoms with van der Waals surface area (Å²) in [5, 5.41) is 2.43. The topological polar surface area (TPSA) is 13.1 Å². The van der Waals surface area contributed by atoms with E-state index in [1.54, 1.807) is 0 Å². The van der Waals surface area contributed by atoms with Crippen molar-refractivity contribution in [1.82, 2.24) is 0 Å². The van der Waals surface area contributed by atoms with E-state index in [4.69, 9.17) is 4.42 Å². The van der Waals surface area contributed by atoms with Crippen LogP contribution in [-0.4, -0.2) is 0 Å². The van der Waals surface area contributed by atoms with Crippen LogP contribution in [-0.2, 0) is 5.41 Å². The van der Waals surface area contributed by atoms with Crippen LogP contribution in [0.2, 0.25) is 0 Å². The van der Waals surface area contributed by atoms with Gasteiger partial charge in [0.1, 0.15) is 11.2 Å². The van der Waals surface area contributed by atoms with Crippen LogP contribution in [0.4, 0.5) is 0 Å². The molecule has 1 nitrogen and oxygen atoms in total. The second-order valence-corrected chi connectivity index (χ2v) is 5.98. The maximum Gasteiger partial charge on any atom is 0.139 e. The van der Waals surface area contributed by atoms with Crippen molar-refractivity contribution in [3.63, 3.8) is 0 Å². The lowest BCUT2D eigenvalue weighted by Gasteiger charge is -2.21. The Bertz CT molecular complexity index is 726. The molecule has 0 radical (unpaired) electrons. The summed E-state index contributed by atoms with van der Waals surface area (Å²) < 4.78 is 6.09. The summed E-state index contributed by atoms with van der Waals surface area (Å²) in [6.45, 7) is 8.87. The van der Waals surface area contributed by atoms with Crippen molar-refractivity contribution in [2.24, 2.45) is 0 Å². The summed E-state index contributed by atoms with van der Waals surface area (Å²) in [6.07, 6.45) is 0. The summed E-state index contributed by atoms with van der Waals surface area (Å²) in [4.78, 5) is 0. The number of furan rings is 1. The summed E-state index contributed by atoms with van der Waals surface area (Å²) in [7, 11) is 0. The zero-order valence-corrected chi connectivity index (χ0v) is 11.4. The maximum atomic E-state index is 6.09. The SMILES string of the molecule is Cc1ccc2c(oc3ccccc32)c1C(C)(C)C. The minimum absolute atomic E-state index is 0.0947. The normalized spacial score (nSPS) is 12.4. The van der Waals surface area contributed by atoms with Crippen molar-refractivity contribution < 1.29 is 4.42 Å². The molecule has 0 aliphatic carbocycles. The van der Waals surface area contributed by atoms with E-state index in [-0.39, 0.29) is 5.41 Å². The lowest BCUT2D eigenvalue weighted by molar-refractivity contribution is 0.569. The molecule has 1 aromatic heterocycles. The molecule has 0 saturated carbocycles. The van der Waals surface area contributed by atoms with Gasteiger partial charge < -0.3 is 4.42 Å². The first-order chi connectivity index (χ1) is 8.48. The quantitative estimate of drug-likeness (QED) is 0.525. The summed E-state index contributed by atoms with van der Waals surface area (Å²) in [6, 6.07) is 12.6. The minimum atomic E-state index is 0.0947. The average Bonchev–Trinajstić information content (AvgIpc) is 2.64. The highest BCUT2D eigenvalue weighted by Crippen LogP contribution is 2.37. The molecule has 0 atom stereocenters. The van der Waals surface area contributed by atoms with Crippen LogP contribution in [0.1, 0.15) is 31.9 Å². The van der Waals surface area contributed by atoms with Gasteiger partial charge in [-0.1, -0.05) is 51.1 Å². The van der Waals surface area contributed by atoms with Crippen LogP contribution in [0.25, 0.3) is 21.9 Å². The van der Waals surface area contributed by atoms with Gasteiger partial charge in [-0.3, -0.25) is 0 Å². The predicted molar refractivity (Wildman–Crippen MR) is 77.2 cm³/mol. The van der Waals surface area contributed by atoms with Crippen LogP contribution < -0.4 is 0 Å². The van der Waals surface area contributed by atoms with Crippen molar-refractivity contribution in [3.05, 3.63) is 47.5 Å². The Morgan fingerprint density at radius 2 is 1.61 bits per heavy atom. The Morgan fingerprint density at radius 1 is 0.889 bits per heavy atom. The Kier molecular flexibility index (Phi) is 2.28. The van der Waals surface area contributed by atoms with Crippen molar-refractivity contribution in [2.45, 2.75) is 33.1 Å². The molecule has 0 saturated heterocycles. The molecule has 3 rings (SSSR count). The van der Waals surface area contributed by atoms with Gasteiger partial charge in [0.2, 0.25) is 0 Å². The third kappa shape index (κ3) is 1.54. The number of fused-ring (bicyclic) bond motifs is 3. The Morgan fingerprint density at radius 3 is 2.33 bits per heavy atom. The van der Waals surface area contributed by atoms with E-state index in [0.29, 0.717) is 0 Å². The fourth-order valence-electron chi connectivity index (χ4n) is 2.82. The van der Waals surface area contributed by atoms with E-state index in [1.807, 2.05) is 12.1 Å². The number of benzene rings is 2. The number of aryl methyl sites for hydroxylation is 1. The maximum absolute atomic E-state index is 6.09. The smallest absolute Gasteiger partial charge is 0.139 e. The highest BCUT2D eigenvalue weighted by Gasteiger charge is 2.22. The highest BCUT2D eigenvalue weighted by atomic mass is 16.3. The number of rotatable bonds is 0. The largest absolute Gasteiger partial charge is 0.456 e. The lowest BCUT2D eigenvalue weighted by atomic mass is 9.83. The molecule has 0 N–H and O–H groups in total. The van der Waals surface area contributed by atoms with Gasteiger partial charge in [0.25, 0.3) is 0 Å². The molecule has 1 heteroatoms. The standard InChI is InChI=1S/C17H18O/c1-11-9-10-13-12-7-5-6-8-14(12)18-16(13)15(11)17(2,3)4/h5-10H,1-4H3. The van der Waals surface area contributed by atoms with E-state index in [0.717, 1.165) is 11.2 Å². The Labute approximate surface area is 107 Å². The minimum Gasteiger partial charge on any atom is -0.456 e. The van der Waals surface area contributed by atoms with E-state index in [2.05, 4.69) is 52.0 Å². The molecule has 0 aliphatic heterocycles. The molecule has 0 aliphatic rings. The monoisotopic (exact) mass is 238 g/mol. The molecular weight excluding hydrogens is 220 g/mol. The number of hydrogen-bond acceptors (Lipinski definition) is 1. The van der Waals surface area contributed by atoms with Gasteiger partial charge in [-0.15, -0.1) is 0 Å². The van der Waals surface area contributed by atoms with Crippen LogP contribution in [0.3, 0.4) is 0 Å². The molecule has 0 spiro atoms. The molecule has 0 unspecified atom stereocenters. The molecular formula is C17H18O. The first-order valence-corrected chi connectivity index (χ1v) is 6.40. The fourth-order valence-corrected chi connectivity index (χ4v) is 2.82. The Balaban J connectivity index is 2.52. The number of para-hydroxylation sites is 1. The Hall–Kier alpha value is -1.76. The lowest BCUT2D eigenvalue weighted by Crippen LogP contribution is -2.13. The zero-order valence-electron chi connectivity index (χ0n) is 11.4. The molecule has 3 aromatic rings. The van der Waals surface area contributed by atoms with Gasteiger partial charge in [-0.05, 0) is 24.0 Å².